The molecular formula is C39H54N6O9S. The number of amides is 4. The van der Waals surface area contributed by atoms with Crippen LogP contribution >= 0.6 is 0 Å². The molecule has 15 nitrogen and oxygen atoms in total. The number of methoxy groups -OCH3 is 1. The molecule has 55 heavy (non-hydrogen) atoms. The summed E-state index contributed by atoms with van der Waals surface area (Å²) in [5.74, 6) is -2.06. The second-order valence-corrected chi connectivity index (χ2v) is 19.0. The average molecular weight is 783 g/mol. The summed E-state index contributed by atoms with van der Waals surface area (Å²) >= 11 is 0. The van der Waals surface area contributed by atoms with Gasteiger partial charge in [0, 0.05) is 12.3 Å². The molecule has 2 aliphatic heterocycles. The third-order valence-electron chi connectivity index (χ3n) is 11.4. The van der Waals surface area contributed by atoms with Crippen molar-refractivity contribution in [3.05, 3.63) is 36.4 Å². The zero-order valence-corrected chi connectivity index (χ0v) is 33.5. The summed E-state index contributed by atoms with van der Waals surface area (Å²) < 4.78 is 45.0. The van der Waals surface area contributed by atoms with Crippen molar-refractivity contribution in [1.29, 1.82) is 0 Å². The molecule has 3 N–H and O–H groups in total. The first-order chi connectivity index (χ1) is 25.9. The highest BCUT2D eigenvalue weighted by atomic mass is 32.2. The Morgan fingerprint density at radius 1 is 1.07 bits per heavy atom. The third-order valence-corrected chi connectivity index (χ3v) is 13.5. The number of hydrogen-bond acceptors (Lipinski definition) is 11. The van der Waals surface area contributed by atoms with E-state index in [9.17, 15) is 27.6 Å². The van der Waals surface area contributed by atoms with Crippen LogP contribution in [0.15, 0.2) is 36.4 Å². The van der Waals surface area contributed by atoms with E-state index in [0.717, 1.165) is 6.42 Å². The third kappa shape index (κ3) is 8.53. The van der Waals surface area contributed by atoms with E-state index in [4.69, 9.17) is 14.2 Å². The highest BCUT2D eigenvalue weighted by Gasteiger charge is 2.63. The maximum Gasteiger partial charge on any atom is 0.408 e. The Morgan fingerprint density at radius 2 is 1.75 bits per heavy atom. The Labute approximate surface area is 322 Å². The van der Waals surface area contributed by atoms with Crippen LogP contribution in [0, 0.1) is 17.8 Å². The second kappa shape index (κ2) is 15.2. The lowest BCUT2D eigenvalue weighted by Gasteiger charge is -2.34. The summed E-state index contributed by atoms with van der Waals surface area (Å²) in [5.41, 5.74) is -2.37. The van der Waals surface area contributed by atoms with Crippen LogP contribution in [0.25, 0.3) is 10.8 Å². The number of alkyl carbamates (subject to hydrolysis) is 1. The minimum absolute atomic E-state index is 0.0144. The molecular weight excluding hydrogens is 729 g/mol. The largest absolute Gasteiger partial charge is 0.479 e. The zero-order chi connectivity index (χ0) is 39.9. The summed E-state index contributed by atoms with van der Waals surface area (Å²) in [6.45, 7) is 10.8. The van der Waals surface area contributed by atoms with Crippen molar-refractivity contribution < 1.29 is 41.8 Å². The summed E-state index contributed by atoms with van der Waals surface area (Å²) in [4.78, 5) is 58.1. The van der Waals surface area contributed by atoms with Gasteiger partial charge in [0.15, 0.2) is 0 Å². The van der Waals surface area contributed by atoms with Crippen molar-refractivity contribution in [1.82, 2.24) is 30.5 Å². The maximum atomic E-state index is 14.9. The van der Waals surface area contributed by atoms with E-state index in [1.165, 1.54) is 12.0 Å². The predicted molar refractivity (Wildman–Crippen MR) is 203 cm³/mol. The fourth-order valence-electron chi connectivity index (χ4n) is 7.70. The fraction of sp³-hybridized carbons (Fsp3) is 0.641. The number of rotatable bonds is 8. The maximum absolute atomic E-state index is 14.9. The number of allylic oxidation sites excluding steroid dienone is 1. The number of carbonyl (C=O) groups is 4. The van der Waals surface area contributed by atoms with Crippen LogP contribution in [0.4, 0.5) is 4.79 Å². The lowest BCUT2D eigenvalue weighted by molar-refractivity contribution is -0.142. The summed E-state index contributed by atoms with van der Waals surface area (Å²) in [7, 11) is -2.51. The molecule has 2 aromatic rings. The molecule has 1 saturated heterocycles. The molecule has 3 fully saturated rings. The van der Waals surface area contributed by atoms with Crippen LogP contribution in [0.5, 0.6) is 11.8 Å². The van der Waals surface area contributed by atoms with Gasteiger partial charge < -0.3 is 29.7 Å². The number of hydrogen-bond donors (Lipinski definition) is 3. The second-order valence-electron chi connectivity index (χ2n) is 16.8. The van der Waals surface area contributed by atoms with Gasteiger partial charge in [-0.1, -0.05) is 44.6 Å². The van der Waals surface area contributed by atoms with Gasteiger partial charge in [-0.05, 0) is 90.2 Å². The van der Waals surface area contributed by atoms with Crippen molar-refractivity contribution in [3.63, 3.8) is 0 Å². The number of benzene rings is 1. The van der Waals surface area contributed by atoms with Crippen molar-refractivity contribution >= 4 is 44.6 Å². The molecule has 6 rings (SSSR count). The number of carbonyl (C=O) groups excluding carboxylic acids is 4. The first-order valence-corrected chi connectivity index (χ1v) is 20.7. The van der Waals surface area contributed by atoms with Crippen molar-refractivity contribution in [2.75, 3.05) is 13.7 Å². The monoisotopic (exact) mass is 782 g/mol. The molecule has 2 aliphatic carbocycles. The fourth-order valence-corrected chi connectivity index (χ4v) is 9.01. The molecule has 0 spiro atoms. The summed E-state index contributed by atoms with van der Waals surface area (Å²) in [5, 5.41) is 15.5. The van der Waals surface area contributed by atoms with E-state index >= 15 is 0 Å². The van der Waals surface area contributed by atoms with Gasteiger partial charge in [0.1, 0.15) is 29.3 Å². The highest BCUT2D eigenvalue weighted by molar-refractivity contribution is 7.91. The number of ether oxygens (including phenoxy) is 3. The number of fused-ring (bicyclic) bond motifs is 3. The van der Waals surface area contributed by atoms with E-state index in [-0.39, 0.29) is 37.1 Å². The Bertz CT molecular complexity index is 1960. The van der Waals surface area contributed by atoms with Crippen molar-refractivity contribution in [2.45, 2.75) is 127 Å². The van der Waals surface area contributed by atoms with Gasteiger partial charge in [0.2, 0.25) is 33.6 Å². The number of nitrogens with one attached hydrogen (secondary N) is 3. The van der Waals surface area contributed by atoms with E-state index in [1.807, 2.05) is 37.3 Å². The SMILES string of the molecule is CCC1CC(C)CCC=CC2CC2(C(=O)NS(=O)(=O)C2(C)CC2)NC(=O)C2CC(Oc3nnc(OC)c4ccccc34)CN2C(=O)C1NC(=O)OC(C)(C)C. The molecule has 0 bridgehead atoms. The minimum Gasteiger partial charge on any atom is -0.479 e. The first-order valence-electron chi connectivity index (χ1n) is 19.2. The van der Waals surface area contributed by atoms with Crippen LogP contribution in [-0.4, -0.2) is 95.1 Å². The lowest BCUT2D eigenvalue weighted by Crippen LogP contribution is -2.59. The predicted octanol–water partition coefficient (Wildman–Crippen LogP) is 4.16. The van der Waals surface area contributed by atoms with Crippen LogP contribution in [0.1, 0.15) is 92.9 Å². The smallest absolute Gasteiger partial charge is 0.408 e. The van der Waals surface area contributed by atoms with Crippen LogP contribution in [-0.2, 0) is 29.1 Å². The standard InChI is InChI=1S/C39H54N6O9S/c1-8-24-19-23(2)13-9-10-14-25-21-39(25,35(48)44-55(50,51)38(6)17-18-38)41-31(46)29-20-26(22-45(29)34(47)30(24)40-36(49)54-37(3,4)5)53-33-28-16-12-11-15-27(28)32(52-7)42-43-33/h10-12,14-16,23-26,29-30H,8-9,13,17-22H2,1-7H3,(H,40,49)(H,41,46)(H,44,48). The number of aromatic nitrogens is 2. The van der Waals surface area contributed by atoms with Crippen LogP contribution in [0.2, 0.25) is 0 Å². The Hall–Kier alpha value is -4.47. The minimum atomic E-state index is -4.00. The molecule has 3 heterocycles. The summed E-state index contributed by atoms with van der Waals surface area (Å²) in [6.07, 6.45) is 6.02. The Kier molecular flexibility index (Phi) is 11.1. The molecule has 1 aromatic carbocycles. The molecule has 7 atom stereocenters. The molecule has 4 amide bonds. The topological polar surface area (TPSA) is 195 Å². The normalized spacial score (nSPS) is 29.5. The Morgan fingerprint density at radius 3 is 2.38 bits per heavy atom. The van der Waals surface area contributed by atoms with Gasteiger partial charge >= 0.3 is 6.09 Å². The van der Waals surface area contributed by atoms with E-state index in [2.05, 4.69) is 32.5 Å². The molecule has 1 aromatic heterocycles. The number of nitrogens with zero attached hydrogens (tertiary/aromatic N) is 3. The van der Waals surface area contributed by atoms with Gasteiger partial charge in [-0.3, -0.25) is 19.1 Å². The molecule has 0 radical (unpaired) electrons. The van der Waals surface area contributed by atoms with Crippen molar-refractivity contribution in [2.24, 2.45) is 17.8 Å². The first kappa shape index (κ1) is 40.2. The van der Waals surface area contributed by atoms with Crippen LogP contribution in [0.3, 0.4) is 0 Å². The lowest BCUT2D eigenvalue weighted by atomic mass is 9.85. The average Bonchev–Trinajstić information content (AvgIpc) is 4.00. The highest BCUT2D eigenvalue weighted by Crippen LogP contribution is 2.47. The van der Waals surface area contributed by atoms with Crippen LogP contribution < -0.4 is 24.8 Å². The molecule has 4 aliphatic rings. The van der Waals surface area contributed by atoms with E-state index in [0.29, 0.717) is 48.8 Å². The number of sulfonamides is 1. The van der Waals surface area contributed by atoms with Gasteiger partial charge in [-0.15, -0.1) is 10.2 Å². The molecule has 16 heteroatoms. The molecule has 7 unspecified atom stereocenters. The van der Waals surface area contributed by atoms with E-state index < -0.39 is 73.8 Å². The van der Waals surface area contributed by atoms with Gasteiger partial charge in [0.25, 0.3) is 5.91 Å². The van der Waals surface area contributed by atoms with Gasteiger partial charge in [-0.2, -0.15) is 0 Å². The van der Waals surface area contributed by atoms with Gasteiger partial charge in [0.05, 0.1) is 29.2 Å². The van der Waals surface area contributed by atoms with Gasteiger partial charge in [-0.25, -0.2) is 13.2 Å². The molecule has 300 valence electrons. The molecule has 2 saturated carbocycles. The quantitative estimate of drug-likeness (QED) is 0.326. The van der Waals surface area contributed by atoms with Crippen molar-refractivity contribution in [3.8, 4) is 11.8 Å². The Balaban J connectivity index is 1.37. The van der Waals surface area contributed by atoms with E-state index in [1.54, 1.807) is 33.8 Å². The summed E-state index contributed by atoms with van der Waals surface area (Å²) in [6, 6.07) is 5.08. The zero-order valence-electron chi connectivity index (χ0n) is 32.7.